The summed E-state index contributed by atoms with van der Waals surface area (Å²) in [4.78, 5) is 9.86. The molecule has 0 spiro atoms. The van der Waals surface area contributed by atoms with E-state index in [1.807, 2.05) is 4.72 Å². The van der Waals surface area contributed by atoms with Crippen molar-refractivity contribution in [3.05, 3.63) is 33.9 Å². The van der Waals surface area contributed by atoms with Crippen molar-refractivity contribution in [2.24, 2.45) is 0 Å². The average molecular weight is 355 g/mol. The van der Waals surface area contributed by atoms with Gasteiger partial charge in [0, 0.05) is 19.2 Å². The van der Waals surface area contributed by atoms with E-state index in [0.717, 1.165) is 10.4 Å². The number of hydrogen-bond acceptors (Lipinski definition) is 5. The summed E-state index contributed by atoms with van der Waals surface area (Å²) in [6.45, 7) is 0.416. The van der Waals surface area contributed by atoms with Crippen LogP contribution in [0.4, 0.5) is 24.5 Å². The quantitative estimate of drug-likeness (QED) is 0.653. The highest BCUT2D eigenvalue weighted by Crippen LogP contribution is 2.35. The van der Waals surface area contributed by atoms with Gasteiger partial charge in [-0.3, -0.25) is 14.8 Å². The predicted octanol–water partition coefficient (Wildman–Crippen LogP) is 1.60. The lowest BCUT2D eigenvalue weighted by Gasteiger charge is -2.26. The van der Waals surface area contributed by atoms with Gasteiger partial charge in [-0.1, -0.05) is 0 Å². The van der Waals surface area contributed by atoms with Crippen LogP contribution in [0, 0.1) is 10.1 Å². The molecule has 1 heterocycles. The van der Waals surface area contributed by atoms with Gasteiger partial charge in [0.2, 0.25) is 0 Å². The van der Waals surface area contributed by atoms with Crippen LogP contribution in [0.3, 0.4) is 0 Å². The molecule has 0 aliphatic carbocycles. The molecule has 0 unspecified atom stereocenters. The molecule has 12 heteroatoms. The normalized spacial score (nSPS) is 17.0. The Balaban J connectivity index is 2.33. The molecule has 0 saturated carbocycles. The summed E-state index contributed by atoms with van der Waals surface area (Å²) in [5.74, 6) is 0. The van der Waals surface area contributed by atoms with E-state index in [1.165, 1.54) is 0 Å². The van der Waals surface area contributed by atoms with Crippen LogP contribution in [-0.4, -0.2) is 43.9 Å². The number of morpholine rings is 1. The minimum absolute atomic E-state index is 0.0454. The van der Waals surface area contributed by atoms with Crippen LogP contribution in [0.25, 0.3) is 0 Å². The Morgan fingerprint density at radius 3 is 2.39 bits per heavy atom. The molecule has 0 amide bonds. The molecule has 128 valence electrons. The van der Waals surface area contributed by atoms with Gasteiger partial charge in [-0.05, 0) is 12.1 Å². The summed E-state index contributed by atoms with van der Waals surface area (Å²) < 4.78 is 70.0. The summed E-state index contributed by atoms with van der Waals surface area (Å²) in [5.41, 5.74) is -2.75. The lowest BCUT2D eigenvalue weighted by atomic mass is 10.1. The zero-order valence-corrected chi connectivity index (χ0v) is 12.4. The van der Waals surface area contributed by atoms with Gasteiger partial charge >= 0.3 is 16.4 Å². The second-order valence-electron chi connectivity index (χ2n) is 4.61. The van der Waals surface area contributed by atoms with E-state index in [0.29, 0.717) is 6.07 Å². The number of rotatable bonds is 4. The van der Waals surface area contributed by atoms with Gasteiger partial charge in [-0.2, -0.15) is 25.9 Å². The third-order valence-corrected chi connectivity index (χ3v) is 4.59. The first-order valence-corrected chi connectivity index (χ1v) is 7.76. The fourth-order valence-corrected chi connectivity index (χ4v) is 3.15. The van der Waals surface area contributed by atoms with E-state index < -0.39 is 38.2 Å². The van der Waals surface area contributed by atoms with Crippen LogP contribution in [-0.2, 0) is 21.1 Å². The van der Waals surface area contributed by atoms with Gasteiger partial charge < -0.3 is 4.74 Å². The van der Waals surface area contributed by atoms with Crippen LogP contribution in [0.15, 0.2) is 18.2 Å². The largest absolute Gasteiger partial charge is 0.416 e. The van der Waals surface area contributed by atoms with E-state index in [9.17, 15) is 31.7 Å². The molecule has 23 heavy (non-hydrogen) atoms. The molecule has 0 atom stereocenters. The average Bonchev–Trinajstić information content (AvgIpc) is 2.46. The first-order chi connectivity index (χ1) is 10.6. The van der Waals surface area contributed by atoms with Gasteiger partial charge in [-0.25, -0.2) is 0 Å². The maximum absolute atomic E-state index is 12.6. The summed E-state index contributed by atoms with van der Waals surface area (Å²) in [6, 6.07) is 1.58. The van der Waals surface area contributed by atoms with Gasteiger partial charge in [-0.15, -0.1) is 0 Å². The van der Waals surface area contributed by atoms with Crippen molar-refractivity contribution in [2.75, 3.05) is 31.0 Å². The van der Waals surface area contributed by atoms with E-state index in [4.69, 9.17) is 4.74 Å². The number of halogens is 3. The Hall–Kier alpha value is -1.92. The van der Waals surface area contributed by atoms with Crippen molar-refractivity contribution in [1.29, 1.82) is 0 Å². The monoisotopic (exact) mass is 355 g/mol. The molecule has 0 aromatic heterocycles. The van der Waals surface area contributed by atoms with Gasteiger partial charge in [0.05, 0.1) is 23.7 Å². The number of ether oxygens (including phenoxy) is 1. The number of anilines is 1. The van der Waals surface area contributed by atoms with E-state index >= 15 is 0 Å². The Labute approximate surface area is 129 Å². The first kappa shape index (κ1) is 17.4. The number of alkyl halides is 3. The fraction of sp³-hybridized carbons (Fsp3) is 0.455. The Morgan fingerprint density at radius 1 is 1.26 bits per heavy atom. The molecule has 1 aromatic rings. The number of hydrogen-bond donors (Lipinski definition) is 1. The Kier molecular flexibility index (Phi) is 4.77. The minimum atomic E-state index is -4.77. The highest BCUT2D eigenvalue weighted by atomic mass is 32.2. The molecule has 1 aliphatic rings. The lowest BCUT2D eigenvalue weighted by molar-refractivity contribution is -0.384. The number of benzene rings is 1. The van der Waals surface area contributed by atoms with Gasteiger partial charge in [0.25, 0.3) is 5.69 Å². The number of nitro benzene ring substituents is 1. The van der Waals surface area contributed by atoms with Crippen LogP contribution in [0.5, 0.6) is 0 Å². The van der Waals surface area contributed by atoms with Crippen LogP contribution in [0.1, 0.15) is 5.56 Å². The van der Waals surface area contributed by atoms with Crippen molar-refractivity contribution in [1.82, 2.24) is 4.31 Å². The lowest BCUT2D eigenvalue weighted by Crippen LogP contribution is -2.43. The predicted molar refractivity (Wildman–Crippen MR) is 73.0 cm³/mol. The first-order valence-electron chi connectivity index (χ1n) is 6.32. The maximum atomic E-state index is 12.6. The third kappa shape index (κ3) is 4.09. The highest BCUT2D eigenvalue weighted by molar-refractivity contribution is 7.90. The van der Waals surface area contributed by atoms with Gasteiger partial charge in [0.1, 0.15) is 5.69 Å². The van der Waals surface area contributed by atoms with Crippen molar-refractivity contribution >= 4 is 21.6 Å². The summed E-state index contributed by atoms with van der Waals surface area (Å²) >= 11 is 0. The molecule has 1 fully saturated rings. The fourth-order valence-electron chi connectivity index (χ4n) is 1.94. The zero-order valence-electron chi connectivity index (χ0n) is 11.5. The van der Waals surface area contributed by atoms with Crippen molar-refractivity contribution in [3.63, 3.8) is 0 Å². The molecule has 0 radical (unpaired) electrons. The molecule has 1 aliphatic heterocycles. The van der Waals surface area contributed by atoms with E-state index in [2.05, 4.69) is 0 Å². The van der Waals surface area contributed by atoms with Crippen molar-refractivity contribution < 1.29 is 31.2 Å². The molecule has 0 bridgehead atoms. The zero-order chi connectivity index (χ0) is 17.3. The SMILES string of the molecule is O=[N+]([O-])c1cc(C(F)(F)F)ccc1NS(=O)(=O)N1CCOCC1. The smallest absolute Gasteiger partial charge is 0.379 e. The van der Waals surface area contributed by atoms with Crippen molar-refractivity contribution in [2.45, 2.75) is 6.18 Å². The minimum Gasteiger partial charge on any atom is -0.379 e. The van der Waals surface area contributed by atoms with Crippen LogP contribution in [0.2, 0.25) is 0 Å². The second-order valence-corrected chi connectivity index (χ2v) is 6.28. The Morgan fingerprint density at radius 2 is 1.87 bits per heavy atom. The second kappa shape index (κ2) is 6.29. The molecular formula is C11H12F3N3O5S. The summed E-state index contributed by atoms with van der Waals surface area (Å²) in [6.07, 6.45) is -4.77. The third-order valence-electron chi connectivity index (χ3n) is 3.07. The molecule has 1 N–H and O–H groups in total. The molecule has 1 aromatic carbocycles. The molecular weight excluding hydrogens is 343 g/mol. The maximum Gasteiger partial charge on any atom is 0.416 e. The topological polar surface area (TPSA) is 102 Å². The highest BCUT2D eigenvalue weighted by Gasteiger charge is 2.34. The Bertz CT molecular complexity index is 701. The van der Waals surface area contributed by atoms with Crippen LogP contribution >= 0.6 is 0 Å². The standard InChI is InChI=1S/C11H12F3N3O5S/c12-11(13,14)8-1-2-9(10(7-8)17(18)19)15-23(20,21)16-3-5-22-6-4-16/h1-2,7,15H,3-6H2. The van der Waals surface area contributed by atoms with Crippen molar-refractivity contribution in [3.8, 4) is 0 Å². The summed E-state index contributed by atoms with van der Waals surface area (Å²) in [5, 5.41) is 10.9. The molecule has 8 nitrogen and oxygen atoms in total. The molecule has 1 saturated heterocycles. The summed E-state index contributed by atoms with van der Waals surface area (Å²) in [7, 11) is -4.12. The van der Waals surface area contributed by atoms with E-state index in [-0.39, 0.29) is 32.4 Å². The van der Waals surface area contributed by atoms with Crippen LogP contribution < -0.4 is 4.72 Å². The number of nitrogens with zero attached hydrogens (tertiary/aromatic N) is 2. The number of nitrogens with one attached hydrogen (secondary N) is 1. The van der Waals surface area contributed by atoms with Gasteiger partial charge in [0.15, 0.2) is 0 Å². The molecule has 2 rings (SSSR count). The number of nitro groups is 1. The van der Waals surface area contributed by atoms with E-state index in [1.54, 1.807) is 0 Å².